The van der Waals surface area contributed by atoms with Crippen LogP contribution in [0.5, 0.6) is 0 Å². The maximum absolute atomic E-state index is 12.7. The van der Waals surface area contributed by atoms with Crippen LogP contribution < -0.4 is 0 Å². The van der Waals surface area contributed by atoms with E-state index in [4.69, 9.17) is 13.9 Å². The number of sulfone groups is 1. The minimum atomic E-state index is -3.47. The van der Waals surface area contributed by atoms with Gasteiger partial charge in [0.05, 0.1) is 18.8 Å². The number of rotatable bonds is 2. The summed E-state index contributed by atoms with van der Waals surface area (Å²) in [5, 5.41) is -0.200. The van der Waals surface area contributed by atoms with Crippen molar-refractivity contribution in [1.29, 1.82) is 0 Å². The van der Waals surface area contributed by atoms with E-state index in [2.05, 4.69) is 0 Å². The van der Waals surface area contributed by atoms with Crippen LogP contribution in [0, 0.1) is 0 Å². The largest absolute Gasteiger partial charge is 0.440 e. The van der Waals surface area contributed by atoms with Crippen LogP contribution in [0.3, 0.4) is 0 Å². The Labute approximate surface area is 135 Å². The van der Waals surface area contributed by atoms with Crippen LogP contribution >= 0.6 is 0 Å². The highest BCUT2D eigenvalue weighted by molar-refractivity contribution is 7.90. The van der Waals surface area contributed by atoms with E-state index < -0.39 is 15.4 Å². The fourth-order valence-corrected chi connectivity index (χ4v) is 3.80. The van der Waals surface area contributed by atoms with Crippen molar-refractivity contribution in [2.75, 3.05) is 26.0 Å². The minimum Gasteiger partial charge on any atom is -0.440 e. The Balaban J connectivity index is 1.83. The molecule has 0 saturated carbocycles. The lowest BCUT2D eigenvalue weighted by atomic mass is 9.93. The molecule has 0 aliphatic carbocycles. The lowest BCUT2D eigenvalue weighted by molar-refractivity contribution is -0.160. The Morgan fingerprint density at radius 3 is 2.65 bits per heavy atom. The van der Waals surface area contributed by atoms with E-state index in [0.29, 0.717) is 19.7 Å². The number of furan rings is 1. The van der Waals surface area contributed by atoms with Gasteiger partial charge in [-0.15, -0.1) is 0 Å². The van der Waals surface area contributed by atoms with E-state index in [-0.39, 0.29) is 29.0 Å². The lowest BCUT2D eigenvalue weighted by Gasteiger charge is -2.44. The predicted molar refractivity (Wildman–Crippen MR) is 81.0 cm³/mol. The van der Waals surface area contributed by atoms with Crippen LogP contribution in [-0.4, -0.2) is 63.0 Å². The summed E-state index contributed by atoms with van der Waals surface area (Å²) in [6.07, 6.45) is 1.56. The second kappa shape index (κ2) is 5.61. The molecule has 128 valence electrons. The molecule has 2 saturated heterocycles. The highest BCUT2D eigenvalue weighted by atomic mass is 32.2. The normalized spacial score (nSPS) is 31.7. The molecule has 1 amide bonds. The van der Waals surface area contributed by atoms with Gasteiger partial charge in [-0.05, 0) is 26.0 Å². The zero-order valence-corrected chi connectivity index (χ0v) is 14.3. The quantitative estimate of drug-likeness (QED) is 0.799. The molecule has 0 bridgehead atoms. The molecule has 1 aromatic heterocycles. The summed E-state index contributed by atoms with van der Waals surface area (Å²) in [6.45, 7) is 5.31. The predicted octanol–water partition coefficient (Wildman–Crippen LogP) is 1.09. The van der Waals surface area contributed by atoms with E-state index in [1.54, 1.807) is 4.90 Å². The molecule has 0 N–H and O–H groups in total. The van der Waals surface area contributed by atoms with Crippen molar-refractivity contribution in [3.63, 3.8) is 0 Å². The van der Waals surface area contributed by atoms with Crippen molar-refractivity contribution >= 4 is 15.7 Å². The third-order valence-electron chi connectivity index (χ3n) is 4.45. The molecule has 7 nitrogen and oxygen atoms in total. The second-order valence-corrected chi connectivity index (χ2v) is 8.28. The fraction of sp³-hybridized carbons (Fsp3) is 0.667. The van der Waals surface area contributed by atoms with Crippen molar-refractivity contribution in [1.82, 2.24) is 4.90 Å². The number of carbonyl (C=O) groups is 1. The van der Waals surface area contributed by atoms with Crippen LogP contribution in [0.4, 0.5) is 0 Å². The molecule has 0 radical (unpaired) electrons. The first-order valence-electron chi connectivity index (χ1n) is 7.60. The topological polar surface area (TPSA) is 86.1 Å². The molecular formula is C15H21NO6S. The molecule has 3 atom stereocenters. The van der Waals surface area contributed by atoms with Gasteiger partial charge >= 0.3 is 0 Å². The van der Waals surface area contributed by atoms with Crippen molar-refractivity contribution in [3.8, 4) is 0 Å². The molecule has 8 heteroatoms. The monoisotopic (exact) mass is 343 g/mol. The highest BCUT2D eigenvalue weighted by Gasteiger charge is 2.49. The first kappa shape index (κ1) is 16.5. The molecule has 3 unspecified atom stereocenters. The van der Waals surface area contributed by atoms with Gasteiger partial charge in [0.15, 0.2) is 5.76 Å². The number of ether oxygens (including phenoxy) is 2. The summed E-state index contributed by atoms with van der Waals surface area (Å²) in [6, 6.07) is 2.71. The van der Waals surface area contributed by atoms with Crippen molar-refractivity contribution < 1.29 is 27.1 Å². The van der Waals surface area contributed by atoms with Gasteiger partial charge < -0.3 is 18.8 Å². The Hall–Kier alpha value is -1.38. The number of carbonyl (C=O) groups excluding carboxylic acids is 1. The van der Waals surface area contributed by atoms with Crippen LogP contribution in [-0.2, 0) is 19.3 Å². The lowest BCUT2D eigenvalue weighted by Crippen LogP contribution is -2.59. The van der Waals surface area contributed by atoms with Gasteiger partial charge in [-0.3, -0.25) is 4.79 Å². The molecule has 2 aliphatic rings. The first-order valence-corrected chi connectivity index (χ1v) is 9.49. The van der Waals surface area contributed by atoms with Crippen LogP contribution in [0.1, 0.15) is 30.8 Å². The minimum absolute atomic E-state index is 0.0289. The van der Waals surface area contributed by atoms with Gasteiger partial charge in [0.1, 0.15) is 5.60 Å². The van der Waals surface area contributed by atoms with Crippen LogP contribution in [0.2, 0.25) is 0 Å². The Morgan fingerprint density at radius 1 is 1.35 bits per heavy atom. The zero-order valence-electron chi connectivity index (χ0n) is 13.4. The number of nitrogens with zero attached hydrogens (tertiary/aromatic N) is 1. The van der Waals surface area contributed by atoms with E-state index in [0.717, 1.165) is 12.7 Å². The maximum atomic E-state index is 12.7. The number of hydrogen-bond donors (Lipinski definition) is 0. The average Bonchev–Trinajstić information content (AvgIpc) is 3.06. The van der Waals surface area contributed by atoms with E-state index in [1.165, 1.54) is 12.1 Å². The molecule has 23 heavy (non-hydrogen) atoms. The molecule has 1 aromatic rings. The number of amides is 1. The van der Waals surface area contributed by atoms with Crippen molar-refractivity contribution in [3.05, 3.63) is 17.9 Å². The molecule has 3 rings (SSSR count). The van der Waals surface area contributed by atoms with Crippen molar-refractivity contribution in [2.24, 2.45) is 0 Å². The van der Waals surface area contributed by atoms with Gasteiger partial charge in [-0.2, -0.15) is 0 Å². The van der Waals surface area contributed by atoms with Gasteiger partial charge in [0.25, 0.3) is 5.91 Å². The van der Waals surface area contributed by atoms with Crippen LogP contribution in [0.25, 0.3) is 0 Å². The fourth-order valence-electron chi connectivity index (χ4n) is 3.24. The molecule has 2 fully saturated rings. The summed E-state index contributed by atoms with van der Waals surface area (Å²) in [5.41, 5.74) is -0.500. The third-order valence-corrected chi connectivity index (χ3v) is 5.40. The third kappa shape index (κ3) is 3.02. The molecular weight excluding hydrogens is 322 g/mol. The number of hydrogen-bond acceptors (Lipinski definition) is 6. The Morgan fingerprint density at radius 2 is 2.09 bits per heavy atom. The summed E-state index contributed by atoms with van der Waals surface area (Å²) < 4.78 is 39.9. The maximum Gasteiger partial charge on any atom is 0.289 e. The summed E-state index contributed by atoms with van der Waals surface area (Å²) in [5.74, 6) is -0.297. The van der Waals surface area contributed by atoms with Gasteiger partial charge in [0, 0.05) is 25.8 Å². The second-order valence-electron chi connectivity index (χ2n) is 6.33. The van der Waals surface area contributed by atoms with Gasteiger partial charge in [-0.25, -0.2) is 8.42 Å². The van der Waals surface area contributed by atoms with Gasteiger partial charge in [-0.1, -0.05) is 0 Å². The standard InChI is InChI=1S/C15H21NO6S/c1-10-8-16(9-15(22-10)6-7-20-11(15)2)14(17)12-4-5-13(21-12)23(3,18)19/h4-5,10-11H,6-9H2,1-3H3. The van der Waals surface area contributed by atoms with E-state index in [9.17, 15) is 13.2 Å². The first-order chi connectivity index (χ1) is 10.7. The molecule has 1 spiro atoms. The molecule has 3 heterocycles. The summed E-state index contributed by atoms with van der Waals surface area (Å²) >= 11 is 0. The van der Waals surface area contributed by atoms with Gasteiger partial charge in [0.2, 0.25) is 14.9 Å². The Bertz CT molecular complexity index is 711. The Kier molecular flexibility index (Phi) is 4.02. The van der Waals surface area contributed by atoms with E-state index in [1.807, 2.05) is 13.8 Å². The summed E-state index contributed by atoms with van der Waals surface area (Å²) in [4.78, 5) is 14.3. The van der Waals surface area contributed by atoms with E-state index >= 15 is 0 Å². The van der Waals surface area contributed by atoms with Crippen molar-refractivity contribution in [2.45, 2.75) is 43.2 Å². The molecule has 0 aromatic carbocycles. The number of morpholine rings is 1. The smallest absolute Gasteiger partial charge is 0.289 e. The average molecular weight is 343 g/mol. The molecule has 2 aliphatic heterocycles. The van der Waals surface area contributed by atoms with Crippen LogP contribution in [0.15, 0.2) is 21.6 Å². The zero-order chi connectivity index (χ0) is 16.8. The SMILES string of the molecule is CC1CN(C(=O)c2ccc(S(C)(=O)=O)o2)CC2(CCOC2C)O1. The highest BCUT2D eigenvalue weighted by Crippen LogP contribution is 2.35. The summed E-state index contributed by atoms with van der Waals surface area (Å²) in [7, 11) is -3.47.